The minimum Gasteiger partial charge on any atom is -0.347 e. The average molecular weight is 330 g/mol. The van der Waals surface area contributed by atoms with Gasteiger partial charge in [0.25, 0.3) is 5.91 Å². The lowest BCUT2D eigenvalue weighted by Crippen LogP contribution is -2.55. The lowest BCUT2D eigenvalue weighted by Gasteiger charge is -2.41. The van der Waals surface area contributed by atoms with Crippen molar-refractivity contribution >= 4 is 11.8 Å². The van der Waals surface area contributed by atoms with Crippen LogP contribution in [0.4, 0.5) is 0 Å². The molecule has 0 radical (unpaired) electrons. The molecular weight excluding hydrogens is 308 g/mol. The number of rotatable bonds is 3. The van der Waals surface area contributed by atoms with Crippen molar-refractivity contribution in [3.05, 3.63) is 36.4 Å². The maximum atomic E-state index is 12.8. The molecule has 24 heavy (non-hydrogen) atoms. The molecule has 8 heteroatoms. The summed E-state index contributed by atoms with van der Waals surface area (Å²) in [5, 5.41) is 8.47. The summed E-state index contributed by atoms with van der Waals surface area (Å²) in [7, 11) is 5.28. The Balaban J connectivity index is 1.80. The molecule has 0 N–H and O–H groups in total. The number of carbonyl (C=O) groups is 2. The zero-order chi connectivity index (χ0) is 17.3. The highest BCUT2D eigenvalue weighted by Gasteiger charge is 2.45. The summed E-state index contributed by atoms with van der Waals surface area (Å²) in [5.74, 6) is -0.0851. The van der Waals surface area contributed by atoms with Crippen LogP contribution in [0.5, 0.6) is 0 Å². The Labute approximate surface area is 140 Å². The fourth-order valence-electron chi connectivity index (χ4n) is 3.25. The Hall–Kier alpha value is -2.64. The molecule has 3 rings (SSSR count). The third-order valence-corrected chi connectivity index (χ3v) is 4.56. The summed E-state index contributed by atoms with van der Waals surface area (Å²) in [6.07, 6.45) is 6.31. The van der Waals surface area contributed by atoms with Crippen molar-refractivity contribution in [2.24, 2.45) is 7.05 Å². The lowest BCUT2D eigenvalue weighted by molar-refractivity contribution is -0.141. The van der Waals surface area contributed by atoms with Crippen LogP contribution >= 0.6 is 0 Å². The predicted octanol–water partition coefficient (Wildman–Crippen LogP) is 0.336. The van der Waals surface area contributed by atoms with Gasteiger partial charge in [-0.1, -0.05) is 0 Å². The molecule has 1 aliphatic heterocycles. The number of piperidine rings is 1. The lowest BCUT2D eigenvalue weighted by atomic mass is 9.86. The van der Waals surface area contributed by atoms with Crippen LogP contribution in [0, 0.1) is 0 Å². The van der Waals surface area contributed by atoms with E-state index >= 15 is 0 Å². The number of amides is 2. The fraction of sp³-hybridized carbons (Fsp3) is 0.500. The number of hydrogen-bond acceptors (Lipinski definition) is 4. The molecule has 8 nitrogen and oxygen atoms in total. The SMILES string of the molecule is CN(C)C(=O)C1(n2cccn2)CCN(C(=O)c2ccn(C)n2)CC1. The minimum absolute atomic E-state index is 0.0103. The summed E-state index contributed by atoms with van der Waals surface area (Å²) >= 11 is 0. The van der Waals surface area contributed by atoms with Gasteiger partial charge < -0.3 is 9.80 Å². The first-order chi connectivity index (χ1) is 11.4. The summed E-state index contributed by atoms with van der Waals surface area (Å²) in [6.45, 7) is 0.990. The molecule has 0 aromatic carbocycles. The van der Waals surface area contributed by atoms with E-state index in [2.05, 4.69) is 10.2 Å². The molecule has 0 aliphatic carbocycles. The zero-order valence-corrected chi connectivity index (χ0v) is 14.2. The zero-order valence-electron chi connectivity index (χ0n) is 14.2. The van der Waals surface area contributed by atoms with E-state index in [1.807, 2.05) is 12.3 Å². The van der Waals surface area contributed by atoms with Crippen molar-refractivity contribution < 1.29 is 9.59 Å². The van der Waals surface area contributed by atoms with Crippen molar-refractivity contribution in [1.29, 1.82) is 0 Å². The second kappa shape index (κ2) is 6.10. The monoisotopic (exact) mass is 330 g/mol. The highest BCUT2D eigenvalue weighted by Crippen LogP contribution is 2.32. The summed E-state index contributed by atoms with van der Waals surface area (Å²) in [6, 6.07) is 3.53. The smallest absolute Gasteiger partial charge is 0.274 e. The van der Waals surface area contributed by atoms with Crippen LogP contribution in [0.15, 0.2) is 30.7 Å². The van der Waals surface area contributed by atoms with Crippen molar-refractivity contribution in [2.45, 2.75) is 18.4 Å². The topological polar surface area (TPSA) is 76.3 Å². The second-order valence-electron chi connectivity index (χ2n) is 6.35. The maximum absolute atomic E-state index is 12.8. The van der Waals surface area contributed by atoms with E-state index in [4.69, 9.17) is 0 Å². The van der Waals surface area contributed by atoms with Crippen molar-refractivity contribution in [1.82, 2.24) is 29.4 Å². The molecule has 0 unspecified atom stereocenters. The van der Waals surface area contributed by atoms with Gasteiger partial charge in [0.2, 0.25) is 5.91 Å². The predicted molar refractivity (Wildman–Crippen MR) is 87.2 cm³/mol. The molecule has 1 fully saturated rings. The molecule has 1 aliphatic rings. The van der Waals surface area contributed by atoms with Crippen molar-refractivity contribution in [3.8, 4) is 0 Å². The van der Waals surface area contributed by atoms with E-state index in [1.165, 1.54) is 0 Å². The third-order valence-electron chi connectivity index (χ3n) is 4.56. The molecular formula is C16H22N6O2. The van der Waals surface area contributed by atoms with E-state index in [0.717, 1.165) is 0 Å². The van der Waals surface area contributed by atoms with Crippen LogP contribution < -0.4 is 0 Å². The van der Waals surface area contributed by atoms with Gasteiger partial charge in [-0.05, 0) is 25.0 Å². The Morgan fingerprint density at radius 2 is 1.92 bits per heavy atom. The van der Waals surface area contributed by atoms with E-state index in [-0.39, 0.29) is 11.8 Å². The number of aryl methyl sites for hydroxylation is 1. The van der Waals surface area contributed by atoms with Crippen molar-refractivity contribution in [2.75, 3.05) is 27.2 Å². The third kappa shape index (κ3) is 2.68. The number of aromatic nitrogens is 4. The average Bonchev–Trinajstić information content (AvgIpc) is 3.25. The second-order valence-corrected chi connectivity index (χ2v) is 6.35. The molecule has 128 valence electrons. The molecule has 2 aromatic heterocycles. The van der Waals surface area contributed by atoms with E-state index in [0.29, 0.717) is 31.6 Å². The highest BCUT2D eigenvalue weighted by molar-refractivity contribution is 5.92. The number of likely N-dealkylation sites (tertiary alicyclic amines) is 1. The van der Waals surface area contributed by atoms with Gasteiger partial charge in [-0.2, -0.15) is 10.2 Å². The van der Waals surface area contributed by atoms with Gasteiger partial charge in [0.1, 0.15) is 11.2 Å². The van der Waals surface area contributed by atoms with Gasteiger partial charge in [0.15, 0.2) is 0 Å². The molecule has 0 atom stereocenters. The molecule has 0 saturated carbocycles. The Kier molecular flexibility index (Phi) is 4.13. The van der Waals surface area contributed by atoms with Crippen LogP contribution in [-0.2, 0) is 17.4 Å². The first-order valence-corrected chi connectivity index (χ1v) is 7.95. The quantitative estimate of drug-likeness (QED) is 0.813. The number of likely N-dealkylation sites (N-methyl/N-ethyl adjacent to an activating group) is 1. The molecule has 1 saturated heterocycles. The fourth-order valence-corrected chi connectivity index (χ4v) is 3.25. The van der Waals surface area contributed by atoms with Crippen LogP contribution in [0.1, 0.15) is 23.3 Å². The standard InChI is InChI=1S/C16H22N6O2/c1-19(2)15(24)16(22-9-4-8-17-22)6-11-21(12-7-16)14(23)13-5-10-20(3)18-13/h4-5,8-10H,6-7,11-12H2,1-3H3. The summed E-state index contributed by atoms with van der Waals surface area (Å²) in [4.78, 5) is 28.7. The van der Waals surface area contributed by atoms with Gasteiger partial charge in [-0.15, -0.1) is 0 Å². The van der Waals surface area contributed by atoms with Gasteiger partial charge in [0, 0.05) is 52.8 Å². The van der Waals surface area contributed by atoms with Crippen LogP contribution in [-0.4, -0.2) is 68.4 Å². The summed E-state index contributed by atoms with van der Waals surface area (Å²) < 4.78 is 3.35. The van der Waals surface area contributed by atoms with Gasteiger partial charge >= 0.3 is 0 Å². The number of nitrogens with zero attached hydrogens (tertiary/aromatic N) is 6. The first-order valence-electron chi connectivity index (χ1n) is 7.95. The minimum atomic E-state index is -0.728. The first kappa shape index (κ1) is 16.2. The molecule has 2 aromatic rings. The van der Waals surface area contributed by atoms with Gasteiger partial charge in [-0.25, -0.2) is 0 Å². The van der Waals surface area contributed by atoms with E-state index in [9.17, 15) is 9.59 Å². The molecule has 3 heterocycles. The maximum Gasteiger partial charge on any atom is 0.274 e. The summed E-state index contributed by atoms with van der Waals surface area (Å²) in [5.41, 5.74) is -0.295. The number of hydrogen-bond donors (Lipinski definition) is 0. The highest BCUT2D eigenvalue weighted by atomic mass is 16.2. The largest absolute Gasteiger partial charge is 0.347 e. The van der Waals surface area contributed by atoms with Gasteiger partial charge in [-0.3, -0.25) is 19.0 Å². The van der Waals surface area contributed by atoms with E-state index in [1.54, 1.807) is 58.8 Å². The van der Waals surface area contributed by atoms with E-state index < -0.39 is 5.54 Å². The normalized spacial score (nSPS) is 16.9. The van der Waals surface area contributed by atoms with Crippen molar-refractivity contribution in [3.63, 3.8) is 0 Å². The van der Waals surface area contributed by atoms with Gasteiger partial charge in [0.05, 0.1) is 0 Å². The molecule has 0 spiro atoms. The Morgan fingerprint density at radius 1 is 1.21 bits per heavy atom. The van der Waals surface area contributed by atoms with Crippen LogP contribution in [0.3, 0.4) is 0 Å². The van der Waals surface area contributed by atoms with Crippen LogP contribution in [0.2, 0.25) is 0 Å². The number of carbonyl (C=O) groups excluding carboxylic acids is 2. The Morgan fingerprint density at radius 3 is 2.42 bits per heavy atom. The Bertz CT molecular complexity index is 726. The molecule has 2 amide bonds. The van der Waals surface area contributed by atoms with Crippen LogP contribution in [0.25, 0.3) is 0 Å². The molecule has 0 bridgehead atoms.